The van der Waals surface area contributed by atoms with Crippen molar-refractivity contribution in [3.63, 3.8) is 0 Å². The van der Waals surface area contributed by atoms with Crippen molar-refractivity contribution in [2.75, 3.05) is 12.4 Å². The molecule has 2 aromatic carbocycles. The summed E-state index contributed by atoms with van der Waals surface area (Å²) < 4.78 is 18.2. The van der Waals surface area contributed by atoms with E-state index in [9.17, 15) is 14.3 Å². The number of methoxy groups -OCH3 is 1. The summed E-state index contributed by atoms with van der Waals surface area (Å²) in [5.74, 6) is -1.88. The standard InChI is InChI=1S/C15H13ClFNO3/c1-21-15(20)14(9-5-6-13(19)12(17)7-9)18-11-4-2-3-10(16)8-11/h2-8,14,18-19H,1H3. The van der Waals surface area contributed by atoms with E-state index in [0.717, 1.165) is 6.07 Å². The van der Waals surface area contributed by atoms with Gasteiger partial charge in [0.25, 0.3) is 0 Å². The molecule has 1 unspecified atom stereocenters. The zero-order chi connectivity index (χ0) is 15.4. The second kappa shape index (κ2) is 6.45. The topological polar surface area (TPSA) is 58.6 Å². The van der Waals surface area contributed by atoms with Crippen molar-refractivity contribution in [1.82, 2.24) is 0 Å². The summed E-state index contributed by atoms with van der Waals surface area (Å²) in [6.07, 6.45) is 0. The van der Waals surface area contributed by atoms with Crippen LogP contribution in [0, 0.1) is 5.82 Å². The number of hydrogen-bond donors (Lipinski definition) is 2. The smallest absolute Gasteiger partial charge is 0.332 e. The van der Waals surface area contributed by atoms with Crippen LogP contribution in [0.5, 0.6) is 5.75 Å². The number of aromatic hydroxyl groups is 1. The lowest BCUT2D eigenvalue weighted by molar-refractivity contribution is -0.141. The first-order valence-corrected chi connectivity index (χ1v) is 6.47. The molecule has 0 spiro atoms. The zero-order valence-electron chi connectivity index (χ0n) is 11.1. The number of ether oxygens (including phenoxy) is 1. The average Bonchev–Trinajstić information content (AvgIpc) is 2.47. The van der Waals surface area contributed by atoms with Crippen molar-refractivity contribution < 1.29 is 19.0 Å². The number of benzene rings is 2. The molecule has 1 atom stereocenters. The van der Waals surface area contributed by atoms with E-state index in [-0.39, 0.29) is 0 Å². The van der Waals surface area contributed by atoms with E-state index in [4.69, 9.17) is 16.3 Å². The molecule has 2 N–H and O–H groups in total. The molecule has 0 aromatic heterocycles. The first-order valence-electron chi connectivity index (χ1n) is 6.09. The Morgan fingerprint density at radius 3 is 2.71 bits per heavy atom. The van der Waals surface area contributed by atoms with Gasteiger partial charge >= 0.3 is 5.97 Å². The van der Waals surface area contributed by atoms with Gasteiger partial charge in [0, 0.05) is 10.7 Å². The molecule has 0 aliphatic carbocycles. The van der Waals surface area contributed by atoms with Gasteiger partial charge in [-0.1, -0.05) is 23.7 Å². The van der Waals surface area contributed by atoms with E-state index in [1.165, 1.54) is 19.2 Å². The summed E-state index contributed by atoms with van der Waals surface area (Å²) >= 11 is 5.88. The quantitative estimate of drug-likeness (QED) is 0.849. The SMILES string of the molecule is COC(=O)C(Nc1cccc(Cl)c1)c1ccc(O)c(F)c1. The van der Waals surface area contributed by atoms with E-state index in [1.807, 2.05) is 0 Å². The van der Waals surface area contributed by atoms with Crippen LogP contribution in [0.3, 0.4) is 0 Å². The van der Waals surface area contributed by atoms with Crippen molar-refractivity contribution in [3.8, 4) is 5.75 Å². The van der Waals surface area contributed by atoms with E-state index in [2.05, 4.69) is 5.32 Å². The lowest BCUT2D eigenvalue weighted by Crippen LogP contribution is -2.22. The highest BCUT2D eigenvalue weighted by molar-refractivity contribution is 6.30. The summed E-state index contributed by atoms with van der Waals surface area (Å²) in [6, 6.07) is 9.55. The van der Waals surface area contributed by atoms with E-state index in [1.54, 1.807) is 24.3 Å². The highest BCUT2D eigenvalue weighted by Crippen LogP contribution is 2.26. The minimum absolute atomic E-state index is 0.331. The molecule has 0 fully saturated rings. The molecule has 4 nitrogen and oxygen atoms in total. The monoisotopic (exact) mass is 309 g/mol. The summed E-state index contributed by atoms with van der Waals surface area (Å²) in [6.45, 7) is 0. The number of nitrogens with one attached hydrogen (secondary N) is 1. The van der Waals surface area contributed by atoms with Gasteiger partial charge in [-0.2, -0.15) is 0 Å². The van der Waals surface area contributed by atoms with Crippen LogP contribution in [0.15, 0.2) is 42.5 Å². The van der Waals surface area contributed by atoms with Gasteiger partial charge in [-0.05, 0) is 35.9 Å². The molecular weight excluding hydrogens is 297 g/mol. The van der Waals surface area contributed by atoms with Crippen molar-refractivity contribution in [2.24, 2.45) is 0 Å². The molecular formula is C15H13ClFNO3. The van der Waals surface area contributed by atoms with Gasteiger partial charge in [0.1, 0.15) is 0 Å². The lowest BCUT2D eigenvalue weighted by Gasteiger charge is -2.18. The molecule has 6 heteroatoms. The Hall–Kier alpha value is -2.27. The van der Waals surface area contributed by atoms with Crippen molar-refractivity contribution >= 4 is 23.3 Å². The Balaban J connectivity index is 2.34. The Bertz CT molecular complexity index is 663. The Labute approximate surface area is 126 Å². The van der Waals surface area contributed by atoms with Gasteiger partial charge in [-0.3, -0.25) is 0 Å². The molecule has 110 valence electrons. The fraction of sp³-hybridized carbons (Fsp3) is 0.133. The number of rotatable bonds is 4. The maximum absolute atomic E-state index is 13.5. The molecule has 0 bridgehead atoms. The maximum Gasteiger partial charge on any atom is 0.332 e. The highest BCUT2D eigenvalue weighted by atomic mass is 35.5. The van der Waals surface area contributed by atoms with Gasteiger partial charge in [-0.25, -0.2) is 9.18 Å². The molecule has 0 amide bonds. The van der Waals surface area contributed by atoms with Gasteiger partial charge in [-0.15, -0.1) is 0 Å². The van der Waals surface area contributed by atoms with Crippen LogP contribution in [0.4, 0.5) is 10.1 Å². The van der Waals surface area contributed by atoms with Crippen LogP contribution in [0.2, 0.25) is 5.02 Å². The van der Waals surface area contributed by atoms with Crippen molar-refractivity contribution in [3.05, 3.63) is 58.9 Å². The minimum atomic E-state index is -0.913. The Morgan fingerprint density at radius 2 is 2.10 bits per heavy atom. The summed E-state index contributed by atoms with van der Waals surface area (Å²) in [5, 5.41) is 12.6. The second-order valence-corrected chi connectivity index (χ2v) is 4.76. The lowest BCUT2D eigenvalue weighted by atomic mass is 10.1. The van der Waals surface area contributed by atoms with Crippen LogP contribution in [0.25, 0.3) is 0 Å². The normalized spacial score (nSPS) is 11.8. The molecule has 2 aromatic rings. The van der Waals surface area contributed by atoms with Gasteiger partial charge in [0.2, 0.25) is 0 Å². The van der Waals surface area contributed by atoms with Gasteiger partial charge < -0.3 is 15.2 Å². The van der Waals surface area contributed by atoms with Crippen molar-refractivity contribution in [2.45, 2.75) is 6.04 Å². The fourth-order valence-corrected chi connectivity index (χ4v) is 2.03. The molecule has 0 saturated heterocycles. The minimum Gasteiger partial charge on any atom is -0.505 e. The van der Waals surface area contributed by atoms with Crippen LogP contribution in [-0.2, 0) is 9.53 Å². The number of hydrogen-bond acceptors (Lipinski definition) is 4. The van der Waals surface area contributed by atoms with Crippen molar-refractivity contribution in [1.29, 1.82) is 0 Å². The van der Waals surface area contributed by atoms with E-state index < -0.39 is 23.6 Å². The Morgan fingerprint density at radius 1 is 1.33 bits per heavy atom. The molecule has 2 rings (SSSR count). The molecule has 0 saturated carbocycles. The zero-order valence-corrected chi connectivity index (χ0v) is 11.9. The van der Waals surface area contributed by atoms with E-state index >= 15 is 0 Å². The van der Waals surface area contributed by atoms with Crippen LogP contribution in [0.1, 0.15) is 11.6 Å². The molecule has 0 aliphatic rings. The predicted octanol–water partition coefficient (Wildman–Crippen LogP) is 3.51. The van der Waals surface area contributed by atoms with Crippen LogP contribution < -0.4 is 5.32 Å². The maximum atomic E-state index is 13.5. The summed E-state index contributed by atoms with van der Waals surface area (Å²) in [7, 11) is 1.24. The number of halogens is 2. The third kappa shape index (κ3) is 3.64. The van der Waals surface area contributed by atoms with E-state index in [0.29, 0.717) is 16.3 Å². The summed E-state index contributed by atoms with van der Waals surface area (Å²) in [5.41, 5.74) is 0.920. The predicted molar refractivity (Wildman–Crippen MR) is 77.9 cm³/mol. The number of anilines is 1. The second-order valence-electron chi connectivity index (χ2n) is 4.32. The number of phenols is 1. The van der Waals surface area contributed by atoms with Crippen LogP contribution >= 0.6 is 11.6 Å². The van der Waals surface area contributed by atoms with Gasteiger partial charge in [0.15, 0.2) is 17.6 Å². The molecule has 21 heavy (non-hydrogen) atoms. The molecule has 0 aliphatic heterocycles. The van der Waals surface area contributed by atoms with Gasteiger partial charge in [0.05, 0.1) is 7.11 Å². The number of phenolic OH excluding ortho intramolecular Hbond substituents is 1. The first kappa shape index (κ1) is 15.1. The molecule has 0 radical (unpaired) electrons. The number of carbonyl (C=O) groups is 1. The largest absolute Gasteiger partial charge is 0.505 e. The number of esters is 1. The fourth-order valence-electron chi connectivity index (χ4n) is 1.84. The average molecular weight is 310 g/mol. The third-order valence-corrected chi connectivity index (χ3v) is 3.11. The molecule has 0 heterocycles. The highest BCUT2D eigenvalue weighted by Gasteiger charge is 2.22. The number of carbonyl (C=O) groups excluding carboxylic acids is 1. The third-order valence-electron chi connectivity index (χ3n) is 2.88. The van der Waals surface area contributed by atoms with Crippen LogP contribution in [-0.4, -0.2) is 18.2 Å². The Kier molecular flexibility index (Phi) is 4.65. The first-order chi connectivity index (χ1) is 10.0. The summed E-state index contributed by atoms with van der Waals surface area (Å²) in [4.78, 5) is 11.9.